The van der Waals surface area contributed by atoms with Crippen LogP contribution in [-0.2, 0) is 16.1 Å². The molecule has 1 heterocycles. The highest BCUT2D eigenvalue weighted by Crippen LogP contribution is 2.20. The minimum atomic E-state index is -0.480. The molecule has 1 saturated heterocycles. The van der Waals surface area contributed by atoms with Crippen molar-refractivity contribution in [1.29, 1.82) is 0 Å². The molecule has 170 valence electrons. The highest BCUT2D eigenvalue weighted by molar-refractivity contribution is 5.94. The second-order valence-electron chi connectivity index (χ2n) is 7.84. The van der Waals surface area contributed by atoms with E-state index >= 15 is 0 Å². The van der Waals surface area contributed by atoms with Gasteiger partial charge in [-0.3, -0.25) is 15.0 Å². The fourth-order valence-corrected chi connectivity index (χ4v) is 3.74. The summed E-state index contributed by atoms with van der Waals surface area (Å²) in [5, 5.41) is 5.09. The van der Waals surface area contributed by atoms with Crippen molar-refractivity contribution in [1.82, 2.24) is 15.5 Å². The quantitative estimate of drug-likeness (QED) is 0.645. The van der Waals surface area contributed by atoms with Gasteiger partial charge in [0.25, 0.3) is 0 Å². The zero-order chi connectivity index (χ0) is 22.9. The number of imide groups is 1. The summed E-state index contributed by atoms with van der Waals surface area (Å²) in [6.07, 6.45) is 0.261. The number of urea groups is 1. The number of carbonyl (C=O) groups excluding carboxylic acids is 3. The van der Waals surface area contributed by atoms with Crippen molar-refractivity contribution in [2.45, 2.75) is 25.9 Å². The first-order valence-electron chi connectivity index (χ1n) is 10.7. The molecule has 32 heavy (non-hydrogen) atoms. The third-order valence-corrected chi connectivity index (χ3v) is 5.59. The molecule has 1 aliphatic rings. The second kappa shape index (κ2) is 11.3. The lowest BCUT2D eigenvalue weighted by Gasteiger charge is -2.41. The largest absolute Gasteiger partial charge is 0.465 e. The first-order chi connectivity index (χ1) is 15.5. The number of benzene rings is 2. The lowest BCUT2D eigenvalue weighted by molar-refractivity contribution is -0.120. The Bertz CT molecular complexity index is 917. The Hall–Kier alpha value is -3.39. The number of amides is 3. The molecule has 0 bridgehead atoms. The van der Waals surface area contributed by atoms with Crippen LogP contribution in [0.4, 0.5) is 10.5 Å². The predicted molar refractivity (Wildman–Crippen MR) is 122 cm³/mol. The molecule has 3 rings (SSSR count). The lowest BCUT2D eigenvalue weighted by Crippen LogP contribution is -2.52. The van der Waals surface area contributed by atoms with Crippen molar-refractivity contribution in [3.05, 3.63) is 65.7 Å². The Kier molecular flexibility index (Phi) is 8.21. The topological polar surface area (TPSA) is 91.0 Å². The molecule has 1 fully saturated rings. The first-order valence-corrected chi connectivity index (χ1v) is 10.7. The molecule has 1 atom stereocenters. The number of carbonyl (C=O) groups is 3. The van der Waals surface area contributed by atoms with Crippen molar-refractivity contribution in [3.8, 4) is 0 Å². The summed E-state index contributed by atoms with van der Waals surface area (Å²) in [6.45, 7) is 5.54. The summed E-state index contributed by atoms with van der Waals surface area (Å²) in [5.74, 6) is -0.634. The Morgan fingerprint density at radius 3 is 2.41 bits per heavy atom. The molecule has 0 aliphatic carbocycles. The number of piperazine rings is 1. The van der Waals surface area contributed by atoms with E-state index < -0.39 is 6.03 Å². The van der Waals surface area contributed by atoms with E-state index in [0.717, 1.165) is 30.9 Å². The standard InChI is InChI=1S/C24H30N4O4/c1-18-17-28(21-10-8-20(9-11-21)23(30)32-2)15-14-27(18)13-12-22(29)26-24(31)25-16-19-6-4-3-5-7-19/h3-11,18H,12-17H2,1-2H3,(H2,25,26,29,31). The maximum absolute atomic E-state index is 12.2. The maximum Gasteiger partial charge on any atom is 0.337 e. The number of hydrogen-bond acceptors (Lipinski definition) is 6. The van der Waals surface area contributed by atoms with E-state index in [0.29, 0.717) is 18.7 Å². The van der Waals surface area contributed by atoms with Gasteiger partial charge in [-0.2, -0.15) is 0 Å². The summed E-state index contributed by atoms with van der Waals surface area (Å²) in [4.78, 5) is 40.2. The maximum atomic E-state index is 12.2. The summed E-state index contributed by atoms with van der Waals surface area (Å²) >= 11 is 0. The third kappa shape index (κ3) is 6.55. The number of nitrogens with zero attached hydrogens (tertiary/aromatic N) is 2. The number of ether oxygens (including phenoxy) is 1. The third-order valence-electron chi connectivity index (χ3n) is 5.59. The van der Waals surface area contributed by atoms with Crippen molar-refractivity contribution in [2.75, 3.05) is 38.2 Å². The van der Waals surface area contributed by atoms with Crippen LogP contribution in [0.15, 0.2) is 54.6 Å². The summed E-state index contributed by atoms with van der Waals surface area (Å²) < 4.78 is 4.74. The average Bonchev–Trinajstić information content (AvgIpc) is 2.82. The van der Waals surface area contributed by atoms with Gasteiger partial charge in [-0.25, -0.2) is 9.59 Å². The summed E-state index contributed by atoms with van der Waals surface area (Å²) in [7, 11) is 1.37. The molecule has 2 N–H and O–H groups in total. The SMILES string of the molecule is COC(=O)c1ccc(N2CCN(CCC(=O)NC(=O)NCc3ccccc3)C(C)C2)cc1. The fourth-order valence-electron chi connectivity index (χ4n) is 3.74. The van der Waals surface area contributed by atoms with Gasteiger partial charge < -0.3 is 15.0 Å². The van der Waals surface area contributed by atoms with Gasteiger partial charge in [0.15, 0.2) is 0 Å². The van der Waals surface area contributed by atoms with Crippen LogP contribution in [0, 0.1) is 0 Å². The van der Waals surface area contributed by atoms with E-state index in [2.05, 4.69) is 27.4 Å². The number of esters is 1. The number of methoxy groups -OCH3 is 1. The molecule has 3 amide bonds. The normalized spacial score (nSPS) is 16.3. The Morgan fingerprint density at radius 1 is 1.03 bits per heavy atom. The molecule has 1 unspecified atom stereocenters. The molecule has 0 saturated carbocycles. The van der Waals surface area contributed by atoms with E-state index in [9.17, 15) is 14.4 Å². The molecule has 8 nitrogen and oxygen atoms in total. The van der Waals surface area contributed by atoms with Crippen LogP contribution in [0.2, 0.25) is 0 Å². The van der Waals surface area contributed by atoms with Gasteiger partial charge in [-0.05, 0) is 36.8 Å². The number of rotatable bonds is 7. The van der Waals surface area contributed by atoms with E-state index in [4.69, 9.17) is 4.74 Å². The van der Waals surface area contributed by atoms with Gasteiger partial charge in [-0.1, -0.05) is 30.3 Å². The van der Waals surface area contributed by atoms with Gasteiger partial charge in [-0.15, -0.1) is 0 Å². The van der Waals surface area contributed by atoms with Gasteiger partial charge in [0.1, 0.15) is 0 Å². The van der Waals surface area contributed by atoms with Gasteiger partial charge >= 0.3 is 12.0 Å². The molecular formula is C24H30N4O4. The smallest absolute Gasteiger partial charge is 0.337 e. The molecule has 0 aromatic heterocycles. The Labute approximate surface area is 188 Å². The number of anilines is 1. The van der Waals surface area contributed by atoms with Crippen LogP contribution < -0.4 is 15.5 Å². The molecule has 1 aliphatic heterocycles. The average molecular weight is 439 g/mol. The van der Waals surface area contributed by atoms with E-state index in [-0.39, 0.29) is 24.3 Å². The predicted octanol–water partition coefficient (Wildman–Crippen LogP) is 2.40. The lowest BCUT2D eigenvalue weighted by atomic mass is 10.1. The number of nitrogens with one attached hydrogen (secondary N) is 2. The minimum absolute atomic E-state index is 0.253. The molecule has 2 aromatic carbocycles. The van der Waals surface area contributed by atoms with Crippen LogP contribution >= 0.6 is 0 Å². The highest BCUT2D eigenvalue weighted by Gasteiger charge is 2.24. The van der Waals surface area contributed by atoms with Crippen molar-refractivity contribution in [3.63, 3.8) is 0 Å². The van der Waals surface area contributed by atoms with Gasteiger partial charge in [0.05, 0.1) is 12.7 Å². The van der Waals surface area contributed by atoms with Gasteiger partial charge in [0, 0.05) is 50.9 Å². The molecule has 2 aromatic rings. The van der Waals surface area contributed by atoms with Gasteiger partial charge in [0.2, 0.25) is 5.91 Å². The molecule has 8 heteroatoms. The van der Waals surface area contributed by atoms with E-state index in [1.54, 1.807) is 12.1 Å². The summed E-state index contributed by atoms with van der Waals surface area (Å²) in [5.41, 5.74) is 2.56. The van der Waals surface area contributed by atoms with Crippen LogP contribution in [-0.4, -0.2) is 62.1 Å². The fraction of sp³-hybridized carbons (Fsp3) is 0.375. The van der Waals surface area contributed by atoms with Crippen molar-refractivity contribution >= 4 is 23.6 Å². The monoisotopic (exact) mass is 438 g/mol. The Morgan fingerprint density at radius 2 is 1.75 bits per heavy atom. The zero-order valence-corrected chi connectivity index (χ0v) is 18.5. The van der Waals surface area contributed by atoms with Crippen molar-refractivity contribution in [2.24, 2.45) is 0 Å². The first kappa shape index (κ1) is 23.3. The Balaban J connectivity index is 1.39. The summed E-state index contributed by atoms with van der Waals surface area (Å²) in [6, 6.07) is 16.7. The minimum Gasteiger partial charge on any atom is -0.465 e. The van der Waals surface area contributed by atoms with Crippen LogP contribution in [0.5, 0.6) is 0 Å². The zero-order valence-electron chi connectivity index (χ0n) is 18.5. The van der Waals surface area contributed by atoms with Crippen molar-refractivity contribution < 1.29 is 19.1 Å². The molecule has 0 spiro atoms. The highest BCUT2D eigenvalue weighted by atomic mass is 16.5. The number of hydrogen-bond donors (Lipinski definition) is 2. The van der Waals surface area contributed by atoms with Crippen LogP contribution in [0.3, 0.4) is 0 Å². The van der Waals surface area contributed by atoms with E-state index in [1.165, 1.54) is 7.11 Å². The van der Waals surface area contributed by atoms with E-state index in [1.807, 2.05) is 42.5 Å². The van der Waals surface area contributed by atoms with Crippen LogP contribution in [0.25, 0.3) is 0 Å². The molecular weight excluding hydrogens is 408 g/mol. The second-order valence-corrected chi connectivity index (χ2v) is 7.84. The molecule has 0 radical (unpaired) electrons. The van der Waals surface area contributed by atoms with Crippen LogP contribution in [0.1, 0.15) is 29.3 Å².